The van der Waals surface area contributed by atoms with Gasteiger partial charge in [0.2, 0.25) is 5.88 Å². The van der Waals surface area contributed by atoms with Crippen LogP contribution in [0.4, 0.5) is 0 Å². The average molecular weight is 413 g/mol. The molecule has 0 fully saturated rings. The quantitative estimate of drug-likeness (QED) is 0.423. The number of nitrogens with zero attached hydrogens (tertiary/aromatic N) is 4. The highest BCUT2D eigenvalue weighted by Gasteiger charge is 2.15. The van der Waals surface area contributed by atoms with Gasteiger partial charge in [0.15, 0.2) is 5.65 Å². The molecule has 0 radical (unpaired) electrons. The Morgan fingerprint density at radius 2 is 1.79 bits per heavy atom. The SMILES string of the molecule is COc1ccc(-c2cnn3c2nc(OCCCN(C)C)c2ccccc23)cc1.Cl. The molecule has 0 unspecified atom stereocenters. The van der Waals surface area contributed by atoms with Crippen molar-refractivity contribution < 1.29 is 9.47 Å². The van der Waals surface area contributed by atoms with Crippen molar-refractivity contribution in [2.75, 3.05) is 34.4 Å². The van der Waals surface area contributed by atoms with Gasteiger partial charge in [-0.1, -0.05) is 24.3 Å². The third-order valence-corrected chi connectivity index (χ3v) is 4.70. The summed E-state index contributed by atoms with van der Waals surface area (Å²) >= 11 is 0. The molecule has 0 bridgehead atoms. The van der Waals surface area contributed by atoms with Crippen molar-refractivity contribution in [3.05, 3.63) is 54.7 Å². The van der Waals surface area contributed by atoms with Crippen molar-refractivity contribution in [1.29, 1.82) is 0 Å². The maximum absolute atomic E-state index is 6.08. The summed E-state index contributed by atoms with van der Waals surface area (Å²) in [6.45, 7) is 1.60. The maximum Gasteiger partial charge on any atom is 0.225 e. The number of rotatable bonds is 7. The van der Waals surface area contributed by atoms with Crippen molar-refractivity contribution in [2.24, 2.45) is 0 Å². The first-order chi connectivity index (χ1) is 13.7. The smallest absolute Gasteiger partial charge is 0.225 e. The predicted molar refractivity (Wildman–Crippen MR) is 118 cm³/mol. The van der Waals surface area contributed by atoms with Gasteiger partial charge in [-0.15, -0.1) is 12.4 Å². The highest BCUT2D eigenvalue weighted by atomic mass is 35.5. The fourth-order valence-corrected chi connectivity index (χ4v) is 3.26. The van der Waals surface area contributed by atoms with Gasteiger partial charge in [0.1, 0.15) is 5.75 Å². The first kappa shape index (κ1) is 20.9. The van der Waals surface area contributed by atoms with E-state index in [9.17, 15) is 0 Å². The summed E-state index contributed by atoms with van der Waals surface area (Å²) in [5.74, 6) is 1.47. The zero-order valence-corrected chi connectivity index (χ0v) is 17.6. The second kappa shape index (κ2) is 9.11. The monoisotopic (exact) mass is 412 g/mol. The van der Waals surface area contributed by atoms with Gasteiger partial charge in [-0.25, -0.2) is 4.52 Å². The molecule has 29 heavy (non-hydrogen) atoms. The van der Waals surface area contributed by atoms with Crippen LogP contribution in [0.5, 0.6) is 11.6 Å². The Balaban J connectivity index is 0.00000240. The van der Waals surface area contributed by atoms with E-state index in [-0.39, 0.29) is 12.4 Å². The van der Waals surface area contributed by atoms with Crippen LogP contribution in [0.3, 0.4) is 0 Å². The van der Waals surface area contributed by atoms with Crippen molar-refractivity contribution in [3.63, 3.8) is 0 Å². The van der Waals surface area contributed by atoms with Crippen LogP contribution in [0.2, 0.25) is 0 Å². The molecule has 2 aromatic heterocycles. The molecule has 2 heterocycles. The zero-order chi connectivity index (χ0) is 19.5. The van der Waals surface area contributed by atoms with Crippen molar-refractivity contribution >= 4 is 29.0 Å². The fourth-order valence-electron chi connectivity index (χ4n) is 3.26. The first-order valence-electron chi connectivity index (χ1n) is 9.36. The Morgan fingerprint density at radius 1 is 1.03 bits per heavy atom. The Labute approximate surface area is 176 Å². The zero-order valence-electron chi connectivity index (χ0n) is 16.8. The third kappa shape index (κ3) is 4.28. The van der Waals surface area contributed by atoms with Crippen LogP contribution in [-0.2, 0) is 0 Å². The maximum atomic E-state index is 6.08. The molecule has 7 heteroatoms. The lowest BCUT2D eigenvalue weighted by Crippen LogP contribution is -2.15. The number of ether oxygens (including phenoxy) is 2. The highest BCUT2D eigenvalue weighted by Crippen LogP contribution is 2.31. The van der Waals surface area contributed by atoms with E-state index >= 15 is 0 Å². The number of hydrogen-bond donors (Lipinski definition) is 0. The summed E-state index contributed by atoms with van der Waals surface area (Å²) in [6.07, 6.45) is 2.80. The fraction of sp³-hybridized carbons (Fsp3) is 0.273. The lowest BCUT2D eigenvalue weighted by molar-refractivity contribution is 0.276. The molecule has 6 nitrogen and oxygen atoms in total. The number of halogens is 1. The Kier molecular flexibility index (Phi) is 6.56. The van der Waals surface area contributed by atoms with Crippen LogP contribution in [0.25, 0.3) is 27.7 Å². The van der Waals surface area contributed by atoms with Crippen molar-refractivity contribution in [2.45, 2.75) is 6.42 Å². The summed E-state index contributed by atoms with van der Waals surface area (Å²) in [5, 5.41) is 5.55. The molecule has 0 saturated heterocycles. The van der Waals surface area contributed by atoms with E-state index in [2.05, 4.69) is 24.1 Å². The normalized spacial score (nSPS) is 11.0. The lowest BCUT2D eigenvalue weighted by Gasteiger charge is -2.12. The minimum atomic E-state index is 0. The molecule has 0 spiro atoms. The van der Waals surface area contributed by atoms with Gasteiger partial charge in [-0.3, -0.25) is 0 Å². The van der Waals surface area contributed by atoms with E-state index in [0.717, 1.165) is 46.4 Å². The van der Waals surface area contributed by atoms with Crippen molar-refractivity contribution in [3.8, 4) is 22.8 Å². The lowest BCUT2D eigenvalue weighted by atomic mass is 10.1. The second-order valence-corrected chi connectivity index (χ2v) is 6.96. The van der Waals surface area contributed by atoms with Crippen LogP contribution in [0, 0.1) is 0 Å². The van der Waals surface area contributed by atoms with Gasteiger partial charge in [-0.2, -0.15) is 10.1 Å². The van der Waals surface area contributed by atoms with Gasteiger partial charge < -0.3 is 14.4 Å². The Morgan fingerprint density at radius 3 is 2.52 bits per heavy atom. The number of benzene rings is 2. The van der Waals surface area contributed by atoms with Gasteiger partial charge in [0.25, 0.3) is 0 Å². The molecule has 0 N–H and O–H groups in total. The van der Waals surface area contributed by atoms with Crippen LogP contribution in [-0.4, -0.2) is 53.9 Å². The summed E-state index contributed by atoms with van der Waals surface area (Å²) in [6, 6.07) is 16.0. The number of para-hydroxylation sites is 1. The van der Waals surface area contributed by atoms with Gasteiger partial charge in [-0.05, 0) is 50.3 Å². The van der Waals surface area contributed by atoms with Gasteiger partial charge in [0, 0.05) is 12.1 Å². The van der Waals surface area contributed by atoms with E-state index in [0.29, 0.717) is 12.5 Å². The topological polar surface area (TPSA) is 51.9 Å². The number of hydrogen-bond acceptors (Lipinski definition) is 5. The van der Waals surface area contributed by atoms with E-state index in [4.69, 9.17) is 14.5 Å². The molecule has 0 saturated carbocycles. The largest absolute Gasteiger partial charge is 0.497 e. The molecular formula is C22H25ClN4O2. The minimum Gasteiger partial charge on any atom is -0.497 e. The summed E-state index contributed by atoms with van der Waals surface area (Å²) in [4.78, 5) is 6.98. The van der Waals surface area contributed by atoms with E-state index < -0.39 is 0 Å². The third-order valence-electron chi connectivity index (χ3n) is 4.70. The predicted octanol–water partition coefficient (Wildman–Crippen LogP) is 4.31. The number of aromatic nitrogens is 3. The summed E-state index contributed by atoms with van der Waals surface area (Å²) in [5.41, 5.74) is 3.77. The molecule has 152 valence electrons. The highest BCUT2D eigenvalue weighted by molar-refractivity contribution is 5.89. The minimum absolute atomic E-state index is 0. The van der Waals surface area contributed by atoms with Crippen LogP contribution in [0.1, 0.15) is 6.42 Å². The molecule has 0 aliphatic carbocycles. The van der Waals surface area contributed by atoms with Gasteiger partial charge in [0.05, 0.1) is 30.8 Å². The standard InChI is InChI=1S/C22H24N4O2.ClH/c1-25(2)13-6-14-28-22-18-7-4-5-8-20(18)26-21(24-22)19(15-23-26)16-9-11-17(27-3)12-10-16;/h4-5,7-12,15H,6,13-14H2,1-3H3;1H. The van der Waals surface area contributed by atoms with Crippen LogP contribution < -0.4 is 9.47 Å². The molecule has 0 aliphatic heterocycles. The molecule has 2 aromatic carbocycles. The average Bonchev–Trinajstić information content (AvgIpc) is 3.15. The summed E-state index contributed by atoms with van der Waals surface area (Å²) in [7, 11) is 5.79. The van der Waals surface area contributed by atoms with Crippen LogP contribution in [0.15, 0.2) is 54.7 Å². The molecule has 4 rings (SSSR count). The van der Waals surface area contributed by atoms with E-state index in [1.54, 1.807) is 7.11 Å². The molecule has 0 amide bonds. The Bertz CT molecular complexity index is 1090. The summed E-state index contributed by atoms with van der Waals surface area (Å²) < 4.78 is 13.2. The Hall–Kier alpha value is -2.83. The number of fused-ring (bicyclic) bond motifs is 3. The molecule has 0 atom stereocenters. The van der Waals surface area contributed by atoms with Crippen LogP contribution >= 0.6 is 12.4 Å². The second-order valence-electron chi connectivity index (χ2n) is 6.96. The van der Waals surface area contributed by atoms with Crippen molar-refractivity contribution in [1.82, 2.24) is 19.5 Å². The van der Waals surface area contributed by atoms with E-state index in [1.807, 2.05) is 59.2 Å². The first-order valence-corrected chi connectivity index (χ1v) is 9.36. The number of methoxy groups -OCH3 is 1. The van der Waals surface area contributed by atoms with Gasteiger partial charge >= 0.3 is 0 Å². The molecular weight excluding hydrogens is 388 g/mol. The van der Waals surface area contributed by atoms with E-state index in [1.165, 1.54) is 0 Å². The molecule has 0 aliphatic rings. The molecule has 4 aromatic rings.